The van der Waals surface area contributed by atoms with E-state index in [9.17, 15) is 9.59 Å². The van der Waals surface area contributed by atoms with Crippen molar-refractivity contribution in [1.82, 2.24) is 14.3 Å². The minimum Gasteiger partial charge on any atom is -0.466 e. The van der Waals surface area contributed by atoms with Crippen molar-refractivity contribution in [3.63, 3.8) is 0 Å². The molecule has 2 aliphatic rings. The Labute approximate surface area is 197 Å². The lowest BCUT2D eigenvalue weighted by atomic mass is 9.92. The maximum absolute atomic E-state index is 13.0. The Bertz CT molecular complexity index is 920. The molecule has 7 nitrogen and oxygen atoms in total. The van der Waals surface area contributed by atoms with E-state index in [-0.39, 0.29) is 23.7 Å². The predicted octanol–water partition coefficient (Wildman–Crippen LogP) is 3.80. The number of halogens is 1. The van der Waals surface area contributed by atoms with Crippen LogP contribution in [0.4, 0.5) is 5.13 Å². The van der Waals surface area contributed by atoms with Crippen LogP contribution in [0, 0.1) is 11.8 Å². The number of carbonyl (C=O) groups is 2. The minimum atomic E-state index is -0.125. The molecule has 0 unspecified atom stereocenters. The number of piperidine rings is 2. The van der Waals surface area contributed by atoms with Gasteiger partial charge in [0.05, 0.1) is 12.5 Å². The monoisotopic (exact) mass is 476 g/mol. The molecule has 0 radical (unpaired) electrons. The minimum absolute atomic E-state index is 0.0480. The second kappa shape index (κ2) is 10.6. The average molecular weight is 477 g/mol. The fourth-order valence-electron chi connectivity index (χ4n) is 4.40. The van der Waals surface area contributed by atoms with Crippen molar-refractivity contribution in [1.29, 1.82) is 0 Å². The van der Waals surface area contributed by atoms with Crippen molar-refractivity contribution in [3.05, 3.63) is 40.7 Å². The van der Waals surface area contributed by atoms with Gasteiger partial charge in [0.25, 0.3) is 0 Å². The van der Waals surface area contributed by atoms with E-state index in [1.54, 1.807) is 0 Å². The molecule has 0 atom stereocenters. The number of ether oxygens (including phenoxy) is 1. The van der Waals surface area contributed by atoms with Crippen LogP contribution in [0.25, 0.3) is 0 Å². The molecule has 1 aromatic heterocycles. The van der Waals surface area contributed by atoms with Gasteiger partial charge in [-0.2, -0.15) is 4.37 Å². The van der Waals surface area contributed by atoms with Gasteiger partial charge in [-0.25, -0.2) is 4.98 Å². The van der Waals surface area contributed by atoms with Gasteiger partial charge < -0.3 is 14.5 Å². The highest BCUT2D eigenvalue weighted by Crippen LogP contribution is 2.28. The maximum Gasteiger partial charge on any atom is 0.309 e. The molecular formula is C23H29ClN4O3S. The van der Waals surface area contributed by atoms with Crippen molar-refractivity contribution >= 4 is 40.1 Å². The van der Waals surface area contributed by atoms with Gasteiger partial charge in [0.15, 0.2) is 0 Å². The topological polar surface area (TPSA) is 75.6 Å². The van der Waals surface area contributed by atoms with Crippen LogP contribution in [-0.2, 0) is 20.7 Å². The van der Waals surface area contributed by atoms with E-state index in [2.05, 4.69) is 9.27 Å². The van der Waals surface area contributed by atoms with Gasteiger partial charge in [-0.05, 0) is 50.3 Å². The Morgan fingerprint density at radius 2 is 1.72 bits per heavy atom. The number of amides is 1. The quantitative estimate of drug-likeness (QED) is 0.590. The van der Waals surface area contributed by atoms with E-state index >= 15 is 0 Å². The van der Waals surface area contributed by atoms with Crippen LogP contribution in [-0.4, -0.2) is 58.9 Å². The highest BCUT2D eigenvalue weighted by molar-refractivity contribution is 7.09. The summed E-state index contributed by atoms with van der Waals surface area (Å²) < 4.78 is 9.64. The number of hydrogen-bond acceptors (Lipinski definition) is 7. The zero-order valence-electron chi connectivity index (χ0n) is 18.3. The molecule has 0 saturated carbocycles. The van der Waals surface area contributed by atoms with E-state index in [0.717, 1.165) is 47.5 Å². The summed E-state index contributed by atoms with van der Waals surface area (Å²) in [6.07, 6.45) is 3.73. The largest absolute Gasteiger partial charge is 0.466 e. The van der Waals surface area contributed by atoms with E-state index in [0.29, 0.717) is 39.0 Å². The summed E-state index contributed by atoms with van der Waals surface area (Å²) in [6.45, 7) is 5.15. The second-order valence-electron chi connectivity index (χ2n) is 8.41. The van der Waals surface area contributed by atoms with Crippen LogP contribution in [0.5, 0.6) is 0 Å². The summed E-state index contributed by atoms with van der Waals surface area (Å²) in [6, 6.07) is 7.75. The zero-order chi connectivity index (χ0) is 22.5. The van der Waals surface area contributed by atoms with Crippen LogP contribution < -0.4 is 4.90 Å². The van der Waals surface area contributed by atoms with Gasteiger partial charge in [0.2, 0.25) is 11.0 Å². The zero-order valence-corrected chi connectivity index (χ0v) is 19.9. The molecule has 0 bridgehead atoms. The van der Waals surface area contributed by atoms with Gasteiger partial charge in [-0.1, -0.05) is 23.7 Å². The summed E-state index contributed by atoms with van der Waals surface area (Å²) in [5.74, 6) is 0.898. The third-order valence-electron chi connectivity index (χ3n) is 6.27. The van der Waals surface area contributed by atoms with Crippen LogP contribution in [0.2, 0.25) is 5.02 Å². The first-order chi connectivity index (χ1) is 15.5. The summed E-state index contributed by atoms with van der Waals surface area (Å²) in [5, 5.41) is 1.65. The van der Waals surface area contributed by atoms with Crippen molar-refractivity contribution in [2.24, 2.45) is 11.8 Å². The fourth-order valence-corrected chi connectivity index (χ4v) is 5.26. The van der Waals surface area contributed by atoms with Gasteiger partial charge in [-0.15, -0.1) is 0 Å². The number of carbonyl (C=O) groups excluding carboxylic acids is 2. The SMILES string of the molecule is CCOC(=O)C1CCN(C(=O)C2CCN(c3nc(Cc4ccc(Cl)cc4)ns3)CC2)CC1. The van der Waals surface area contributed by atoms with E-state index in [1.807, 2.05) is 36.1 Å². The fraction of sp³-hybridized carbons (Fsp3) is 0.565. The molecule has 4 rings (SSSR count). The van der Waals surface area contributed by atoms with E-state index < -0.39 is 0 Å². The number of hydrogen-bond donors (Lipinski definition) is 0. The average Bonchev–Trinajstić information content (AvgIpc) is 3.29. The lowest BCUT2D eigenvalue weighted by molar-refractivity contribution is -0.151. The number of benzene rings is 1. The smallest absolute Gasteiger partial charge is 0.309 e. The molecule has 3 heterocycles. The highest BCUT2D eigenvalue weighted by atomic mass is 35.5. The molecule has 0 aliphatic carbocycles. The Morgan fingerprint density at radius 3 is 2.38 bits per heavy atom. The molecule has 1 amide bonds. The number of likely N-dealkylation sites (tertiary alicyclic amines) is 1. The van der Waals surface area contributed by atoms with Gasteiger partial charge in [0.1, 0.15) is 5.82 Å². The summed E-state index contributed by atoms with van der Waals surface area (Å²) in [5.41, 5.74) is 1.13. The number of rotatable bonds is 6. The molecule has 0 N–H and O–H groups in total. The standard InChI is InChI=1S/C23H29ClN4O3S/c1-2-31-22(30)18-9-11-27(12-10-18)21(29)17-7-13-28(14-8-17)23-25-20(26-32-23)15-16-3-5-19(24)6-4-16/h3-6,17-18H,2,7-15H2,1H3. The molecule has 1 aromatic carbocycles. The Kier molecular flexibility index (Phi) is 7.63. The number of aromatic nitrogens is 2. The van der Waals surface area contributed by atoms with Crippen LogP contribution in [0.1, 0.15) is 44.0 Å². The van der Waals surface area contributed by atoms with E-state index in [1.165, 1.54) is 11.5 Å². The number of nitrogens with zero attached hydrogens (tertiary/aromatic N) is 4. The summed E-state index contributed by atoms with van der Waals surface area (Å²) in [4.78, 5) is 33.8. The van der Waals surface area contributed by atoms with Crippen LogP contribution >= 0.6 is 23.1 Å². The lowest BCUT2D eigenvalue weighted by Crippen LogP contribution is -2.46. The maximum atomic E-state index is 13.0. The molecule has 172 valence electrons. The highest BCUT2D eigenvalue weighted by Gasteiger charge is 2.33. The van der Waals surface area contributed by atoms with Gasteiger partial charge in [-0.3, -0.25) is 9.59 Å². The lowest BCUT2D eigenvalue weighted by Gasteiger charge is -2.36. The molecule has 2 saturated heterocycles. The summed E-state index contributed by atoms with van der Waals surface area (Å²) in [7, 11) is 0. The predicted molar refractivity (Wildman–Crippen MR) is 125 cm³/mol. The molecule has 0 spiro atoms. The number of anilines is 1. The normalized spacial score (nSPS) is 18.1. The molecular weight excluding hydrogens is 448 g/mol. The van der Waals surface area contributed by atoms with Crippen molar-refractivity contribution in [2.45, 2.75) is 39.0 Å². The van der Waals surface area contributed by atoms with Crippen LogP contribution in [0.3, 0.4) is 0 Å². The van der Waals surface area contributed by atoms with Gasteiger partial charge in [0, 0.05) is 55.1 Å². The van der Waals surface area contributed by atoms with Crippen molar-refractivity contribution in [3.8, 4) is 0 Å². The second-order valence-corrected chi connectivity index (χ2v) is 9.58. The van der Waals surface area contributed by atoms with Crippen molar-refractivity contribution < 1.29 is 14.3 Å². The summed E-state index contributed by atoms with van der Waals surface area (Å²) >= 11 is 7.38. The molecule has 2 aliphatic heterocycles. The first-order valence-electron chi connectivity index (χ1n) is 11.3. The molecule has 2 fully saturated rings. The molecule has 2 aromatic rings. The Morgan fingerprint density at radius 1 is 1.06 bits per heavy atom. The number of esters is 1. The first-order valence-corrected chi connectivity index (χ1v) is 12.5. The molecule has 9 heteroatoms. The van der Waals surface area contributed by atoms with Crippen LogP contribution in [0.15, 0.2) is 24.3 Å². The van der Waals surface area contributed by atoms with E-state index in [4.69, 9.17) is 21.3 Å². The third-order valence-corrected chi connectivity index (χ3v) is 7.34. The van der Waals surface area contributed by atoms with Gasteiger partial charge >= 0.3 is 5.97 Å². The Hall–Kier alpha value is -2.19. The third kappa shape index (κ3) is 5.59. The Balaban J connectivity index is 1.25. The first kappa shape index (κ1) is 23.0. The van der Waals surface area contributed by atoms with Crippen molar-refractivity contribution in [2.75, 3.05) is 37.7 Å². The molecule has 32 heavy (non-hydrogen) atoms.